The number of carbonyl (C=O) groups excluding carboxylic acids is 3. The molecule has 138 valence electrons. The van der Waals surface area contributed by atoms with E-state index in [0.29, 0.717) is 16.8 Å². The lowest BCUT2D eigenvalue weighted by Crippen LogP contribution is -2.28. The molecule has 7 heteroatoms. The van der Waals surface area contributed by atoms with Gasteiger partial charge in [-0.3, -0.25) is 4.79 Å². The predicted octanol–water partition coefficient (Wildman–Crippen LogP) is 2.27. The lowest BCUT2D eigenvalue weighted by Gasteiger charge is -2.15. The molecule has 26 heavy (non-hydrogen) atoms. The number of benzene rings is 1. The average Bonchev–Trinajstić information content (AvgIpc) is 2.94. The van der Waals surface area contributed by atoms with Gasteiger partial charge in [0.15, 0.2) is 12.2 Å². The minimum absolute atomic E-state index is 0.164. The molecule has 0 saturated heterocycles. The molecule has 0 bridgehead atoms. The molecule has 0 aliphatic heterocycles. The monoisotopic (exact) mass is 359 g/mol. The summed E-state index contributed by atoms with van der Waals surface area (Å²) < 4.78 is 9.81. The molecule has 0 amide bonds. The van der Waals surface area contributed by atoms with E-state index in [2.05, 4.69) is 4.98 Å². The molecule has 0 aliphatic carbocycles. The standard InChI is InChI=1S/C19H21NO6/c1-10-14(18(23)25-4)11(2)20-15(10)16(21)12(3)26-19(24)17(22)13-8-6-5-7-9-13/h5-9,12,17,20,22H,1-4H3/t12-,17+/m1/s1. The van der Waals surface area contributed by atoms with Gasteiger partial charge in [-0.1, -0.05) is 30.3 Å². The molecule has 2 N–H and O–H groups in total. The van der Waals surface area contributed by atoms with Gasteiger partial charge in [-0.25, -0.2) is 9.59 Å². The fourth-order valence-corrected chi connectivity index (χ4v) is 2.67. The van der Waals surface area contributed by atoms with Crippen molar-refractivity contribution in [2.24, 2.45) is 0 Å². The topological polar surface area (TPSA) is 106 Å². The van der Waals surface area contributed by atoms with Crippen molar-refractivity contribution >= 4 is 17.7 Å². The van der Waals surface area contributed by atoms with Crippen LogP contribution in [0.2, 0.25) is 0 Å². The molecule has 0 unspecified atom stereocenters. The summed E-state index contributed by atoms with van der Waals surface area (Å²) in [6, 6.07) is 8.28. The second-order valence-corrected chi connectivity index (χ2v) is 5.87. The maximum absolute atomic E-state index is 12.6. The normalized spacial score (nSPS) is 13.0. The van der Waals surface area contributed by atoms with Crippen molar-refractivity contribution < 1.29 is 29.0 Å². The second-order valence-electron chi connectivity index (χ2n) is 5.87. The van der Waals surface area contributed by atoms with Gasteiger partial charge in [-0.05, 0) is 31.9 Å². The summed E-state index contributed by atoms with van der Waals surface area (Å²) in [5, 5.41) is 10.0. The van der Waals surface area contributed by atoms with Crippen LogP contribution in [-0.2, 0) is 14.3 Å². The molecule has 1 heterocycles. The van der Waals surface area contributed by atoms with Crippen molar-refractivity contribution in [3.05, 3.63) is 58.4 Å². The van der Waals surface area contributed by atoms with Crippen LogP contribution in [0.1, 0.15) is 50.7 Å². The number of H-pyrrole nitrogens is 1. The smallest absolute Gasteiger partial charge is 0.340 e. The molecular formula is C19H21NO6. The number of ketones is 1. The van der Waals surface area contributed by atoms with E-state index in [1.807, 2.05) is 0 Å². The van der Waals surface area contributed by atoms with Crippen LogP contribution in [0.3, 0.4) is 0 Å². The SMILES string of the molecule is COC(=O)c1c(C)[nH]c(C(=O)[C@@H](C)OC(=O)[C@@H](O)c2ccccc2)c1C. The van der Waals surface area contributed by atoms with Crippen molar-refractivity contribution in [2.45, 2.75) is 33.0 Å². The van der Waals surface area contributed by atoms with E-state index in [4.69, 9.17) is 9.47 Å². The van der Waals surface area contributed by atoms with E-state index in [0.717, 1.165) is 0 Å². The molecule has 7 nitrogen and oxygen atoms in total. The van der Waals surface area contributed by atoms with Gasteiger partial charge in [0.1, 0.15) is 0 Å². The summed E-state index contributed by atoms with van der Waals surface area (Å²) in [6.45, 7) is 4.66. The third-order valence-electron chi connectivity index (χ3n) is 4.07. The molecule has 1 aromatic heterocycles. The van der Waals surface area contributed by atoms with E-state index in [-0.39, 0.29) is 11.3 Å². The number of aliphatic hydroxyl groups is 1. The van der Waals surface area contributed by atoms with Gasteiger partial charge in [0.25, 0.3) is 0 Å². The summed E-state index contributed by atoms with van der Waals surface area (Å²) in [5.74, 6) is -1.99. The number of methoxy groups -OCH3 is 1. The van der Waals surface area contributed by atoms with Gasteiger partial charge in [0.2, 0.25) is 5.78 Å². The zero-order valence-corrected chi connectivity index (χ0v) is 15.0. The third kappa shape index (κ3) is 3.83. The second kappa shape index (κ2) is 7.97. The van der Waals surface area contributed by atoms with Crippen molar-refractivity contribution in [1.29, 1.82) is 0 Å². The molecule has 0 fully saturated rings. The average molecular weight is 359 g/mol. The number of hydrogen-bond acceptors (Lipinski definition) is 6. The van der Waals surface area contributed by atoms with E-state index in [1.165, 1.54) is 14.0 Å². The Morgan fingerprint density at radius 1 is 1.12 bits per heavy atom. The lowest BCUT2D eigenvalue weighted by molar-refractivity contribution is -0.156. The maximum atomic E-state index is 12.6. The van der Waals surface area contributed by atoms with Crippen LogP contribution in [0, 0.1) is 13.8 Å². The Morgan fingerprint density at radius 3 is 2.31 bits per heavy atom. The Morgan fingerprint density at radius 2 is 1.73 bits per heavy atom. The highest BCUT2D eigenvalue weighted by molar-refractivity contribution is 6.04. The van der Waals surface area contributed by atoms with Crippen molar-refractivity contribution in [3.8, 4) is 0 Å². The Labute approximate surface area is 150 Å². The quantitative estimate of drug-likeness (QED) is 0.605. The zero-order chi connectivity index (χ0) is 19.4. The van der Waals surface area contributed by atoms with Gasteiger partial charge in [0, 0.05) is 5.69 Å². The fourth-order valence-electron chi connectivity index (χ4n) is 2.67. The number of aromatic amines is 1. The van der Waals surface area contributed by atoms with Crippen LogP contribution in [0.15, 0.2) is 30.3 Å². The first-order valence-corrected chi connectivity index (χ1v) is 8.03. The molecule has 0 aliphatic rings. The zero-order valence-electron chi connectivity index (χ0n) is 15.0. The number of Topliss-reactive ketones (excluding diaryl/α,β-unsaturated/α-hetero) is 1. The number of aryl methyl sites for hydroxylation is 1. The van der Waals surface area contributed by atoms with Crippen molar-refractivity contribution in [3.63, 3.8) is 0 Å². The Hall–Kier alpha value is -2.93. The number of rotatable bonds is 6. The number of aromatic nitrogens is 1. The van der Waals surface area contributed by atoms with Gasteiger partial charge in [0.05, 0.1) is 18.4 Å². The maximum Gasteiger partial charge on any atom is 0.340 e. The molecule has 2 atom stereocenters. The molecule has 0 radical (unpaired) electrons. The summed E-state index contributed by atoms with van der Waals surface area (Å²) in [5.41, 5.74) is 1.72. The lowest BCUT2D eigenvalue weighted by atomic mass is 10.1. The van der Waals surface area contributed by atoms with Crippen LogP contribution >= 0.6 is 0 Å². The van der Waals surface area contributed by atoms with Crippen molar-refractivity contribution in [2.75, 3.05) is 7.11 Å². The number of esters is 2. The van der Waals surface area contributed by atoms with Crippen LogP contribution in [0.25, 0.3) is 0 Å². The Balaban J connectivity index is 2.15. The number of nitrogens with one attached hydrogen (secondary N) is 1. The summed E-state index contributed by atoms with van der Waals surface area (Å²) in [4.78, 5) is 39.3. The Bertz CT molecular complexity index is 824. The van der Waals surface area contributed by atoms with Crippen LogP contribution in [-0.4, -0.2) is 41.0 Å². The fraction of sp³-hybridized carbons (Fsp3) is 0.316. The van der Waals surface area contributed by atoms with Gasteiger partial charge >= 0.3 is 11.9 Å². The van der Waals surface area contributed by atoms with E-state index in [1.54, 1.807) is 44.2 Å². The van der Waals surface area contributed by atoms with Gasteiger partial charge in [-0.15, -0.1) is 0 Å². The van der Waals surface area contributed by atoms with Crippen LogP contribution in [0.4, 0.5) is 0 Å². The molecule has 0 saturated carbocycles. The highest BCUT2D eigenvalue weighted by Gasteiger charge is 2.29. The van der Waals surface area contributed by atoms with Gasteiger partial charge < -0.3 is 19.6 Å². The molecule has 2 aromatic rings. The van der Waals surface area contributed by atoms with E-state index in [9.17, 15) is 19.5 Å². The summed E-state index contributed by atoms with van der Waals surface area (Å²) in [6.07, 6.45) is -2.62. The third-order valence-corrected chi connectivity index (χ3v) is 4.07. The Kier molecular flexibility index (Phi) is 5.94. The largest absolute Gasteiger partial charge is 0.465 e. The highest BCUT2D eigenvalue weighted by atomic mass is 16.6. The number of hydrogen-bond donors (Lipinski definition) is 2. The minimum atomic E-state index is -1.48. The number of aliphatic hydroxyl groups excluding tert-OH is 1. The van der Waals surface area contributed by atoms with Crippen LogP contribution < -0.4 is 0 Å². The van der Waals surface area contributed by atoms with Gasteiger partial charge in [-0.2, -0.15) is 0 Å². The summed E-state index contributed by atoms with van der Waals surface area (Å²) >= 11 is 0. The number of carbonyl (C=O) groups is 3. The summed E-state index contributed by atoms with van der Waals surface area (Å²) in [7, 11) is 1.26. The number of ether oxygens (including phenoxy) is 2. The molecule has 2 rings (SSSR count). The van der Waals surface area contributed by atoms with E-state index < -0.39 is 29.9 Å². The highest BCUT2D eigenvalue weighted by Crippen LogP contribution is 2.22. The van der Waals surface area contributed by atoms with Crippen LogP contribution in [0.5, 0.6) is 0 Å². The molecular weight excluding hydrogens is 338 g/mol. The first-order chi connectivity index (χ1) is 12.3. The predicted molar refractivity (Wildman–Crippen MR) is 92.9 cm³/mol. The minimum Gasteiger partial charge on any atom is -0.465 e. The molecule has 0 spiro atoms. The first-order valence-electron chi connectivity index (χ1n) is 8.03. The first kappa shape index (κ1) is 19.4. The van der Waals surface area contributed by atoms with Crippen molar-refractivity contribution in [1.82, 2.24) is 4.98 Å². The van der Waals surface area contributed by atoms with E-state index >= 15 is 0 Å². The molecule has 1 aromatic carbocycles.